The molecule has 0 aromatic heterocycles. The van der Waals surface area contributed by atoms with Gasteiger partial charge in [0.1, 0.15) is 11.5 Å². The van der Waals surface area contributed by atoms with E-state index in [1.165, 1.54) is 12.0 Å². The molecule has 6 nitrogen and oxygen atoms in total. The number of carbonyl (C=O) groups is 2. The van der Waals surface area contributed by atoms with Crippen LogP contribution in [-0.2, 0) is 9.59 Å². The van der Waals surface area contributed by atoms with Gasteiger partial charge < -0.3 is 9.84 Å². The number of Topliss-reactive ketones (excluding diaryl/α,β-unsaturated/α-hetero) is 1. The molecule has 1 N–H and O–H groups in total. The fourth-order valence-electron chi connectivity index (χ4n) is 3.73. The number of methoxy groups -OCH3 is 1. The zero-order valence-corrected chi connectivity index (χ0v) is 16.6. The number of ether oxygens (including phenoxy) is 1. The van der Waals surface area contributed by atoms with Crippen molar-refractivity contribution in [3.63, 3.8) is 0 Å². The van der Waals surface area contributed by atoms with E-state index in [0.29, 0.717) is 28.1 Å². The molecular formula is C25H18N2O4. The molecule has 0 radical (unpaired) electrons. The van der Waals surface area contributed by atoms with E-state index in [4.69, 9.17) is 10.00 Å². The van der Waals surface area contributed by atoms with Crippen LogP contribution in [0, 0.1) is 11.3 Å². The van der Waals surface area contributed by atoms with Gasteiger partial charge in [0.25, 0.3) is 11.7 Å². The van der Waals surface area contributed by atoms with Crippen molar-refractivity contribution in [2.75, 3.05) is 12.0 Å². The molecule has 1 fully saturated rings. The number of nitriles is 1. The molecule has 1 aliphatic heterocycles. The van der Waals surface area contributed by atoms with Crippen molar-refractivity contribution in [2.45, 2.75) is 6.04 Å². The molecule has 31 heavy (non-hydrogen) atoms. The lowest BCUT2D eigenvalue weighted by atomic mass is 9.94. The largest absolute Gasteiger partial charge is 0.507 e. The van der Waals surface area contributed by atoms with Crippen LogP contribution in [0.25, 0.3) is 5.76 Å². The minimum absolute atomic E-state index is 0.0231. The van der Waals surface area contributed by atoms with Crippen LogP contribution in [0.15, 0.2) is 84.4 Å². The number of aliphatic hydroxyl groups excluding tert-OH is 1. The highest BCUT2D eigenvalue weighted by atomic mass is 16.5. The summed E-state index contributed by atoms with van der Waals surface area (Å²) in [5.74, 6) is -1.34. The van der Waals surface area contributed by atoms with Crippen molar-refractivity contribution in [3.8, 4) is 11.8 Å². The Morgan fingerprint density at radius 2 is 1.61 bits per heavy atom. The molecule has 0 spiro atoms. The first-order chi connectivity index (χ1) is 15.1. The zero-order chi connectivity index (χ0) is 22.0. The highest BCUT2D eigenvalue weighted by molar-refractivity contribution is 6.51. The maximum absolute atomic E-state index is 13.1. The highest BCUT2D eigenvalue weighted by Gasteiger charge is 2.47. The van der Waals surface area contributed by atoms with Gasteiger partial charge in [0.15, 0.2) is 0 Å². The summed E-state index contributed by atoms with van der Waals surface area (Å²) in [6, 6.07) is 23.2. The first-order valence-corrected chi connectivity index (χ1v) is 9.56. The molecule has 1 atom stereocenters. The Kier molecular flexibility index (Phi) is 5.25. The van der Waals surface area contributed by atoms with Crippen LogP contribution in [0.3, 0.4) is 0 Å². The molecule has 1 unspecified atom stereocenters. The number of benzene rings is 3. The number of rotatable bonds is 4. The van der Waals surface area contributed by atoms with Crippen molar-refractivity contribution in [1.82, 2.24) is 0 Å². The van der Waals surface area contributed by atoms with Crippen molar-refractivity contribution in [2.24, 2.45) is 0 Å². The van der Waals surface area contributed by atoms with Crippen molar-refractivity contribution >= 4 is 23.1 Å². The van der Waals surface area contributed by atoms with E-state index in [1.807, 2.05) is 6.07 Å². The van der Waals surface area contributed by atoms with Gasteiger partial charge in [0.2, 0.25) is 0 Å². The number of hydrogen-bond donors (Lipinski definition) is 1. The van der Waals surface area contributed by atoms with E-state index in [-0.39, 0.29) is 11.3 Å². The predicted molar refractivity (Wildman–Crippen MR) is 115 cm³/mol. The molecule has 1 aliphatic rings. The average molecular weight is 410 g/mol. The summed E-state index contributed by atoms with van der Waals surface area (Å²) in [4.78, 5) is 27.6. The van der Waals surface area contributed by atoms with Crippen LogP contribution in [0.5, 0.6) is 5.75 Å². The third-order valence-corrected chi connectivity index (χ3v) is 5.20. The smallest absolute Gasteiger partial charge is 0.300 e. The maximum Gasteiger partial charge on any atom is 0.300 e. The van der Waals surface area contributed by atoms with Crippen LogP contribution in [0.1, 0.15) is 22.7 Å². The number of amides is 1. The maximum atomic E-state index is 13.1. The Hall–Kier alpha value is -4.37. The Bertz CT molecular complexity index is 1220. The van der Waals surface area contributed by atoms with Crippen LogP contribution in [0.4, 0.5) is 5.69 Å². The summed E-state index contributed by atoms with van der Waals surface area (Å²) in [6.07, 6.45) is 0. The molecule has 0 saturated carbocycles. The lowest BCUT2D eigenvalue weighted by Crippen LogP contribution is -2.29. The molecule has 3 aromatic carbocycles. The van der Waals surface area contributed by atoms with Gasteiger partial charge >= 0.3 is 0 Å². The number of carbonyl (C=O) groups excluding carboxylic acids is 2. The molecule has 1 saturated heterocycles. The van der Waals surface area contributed by atoms with Gasteiger partial charge in [-0.2, -0.15) is 5.26 Å². The number of para-hydroxylation sites is 1. The standard InChI is InChI=1S/C25H18N2O4/c1-31-20-10-6-5-9-19(20)22-21(23(28)17-7-3-2-4-8-17)24(29)25(30)27(22)18-13-11-16(15-26)12-14-18/h2-14,22,28H,1H3/b23-21-. The highest BCUT2D eigenvalue weighted by Crippen LogP contribution is 2.44. The molecule has 1 heterocycles. The number of hydrogen-bond acceptors (Lipinski definition) is 5. The Morgan fingerprint density at radius 1 is 0.968 bits per heavy atom. The van der Waals surface area contributed by atoms with Gasteiger partial charge in [-0.15, -0.1) is 0 Å². The summed E-state index contributed by atoms with van der Waals surface area (Å²) in [5.41, 5.74) is 1.83. The minimum Gasteiger partial charge on any atom is -0.507 e. The summed E-state index contributed by atoms with van der Waals surface area (Å²) in [7, 11) is 1.50. The molecule has 0 bridgehead atoms. The van der Waals surface area contributed by atoms with Crippen LogP contribution in [-0.4, -0.2) is 23.9 Å². The second kappa shape index (κ2) is 8.17. The SMILES string of the molecule is COc1ccccc1C1/C(=C(/O)c2ccccc2)C(=O)C(=O)N1c1ccc(C#N)cc1. The third-order valence-electron chi connectivity index (χ3n) is 5.20. The van der Waals surface area contributed by atoms with E-state index in [1.54, 1.807) is 78.9 Å². The second-order valence-electron chi connectivity index (χ2n) is 6.94. The van der Waals surface area contributed by atoms with Crippen molar-refractivity contribution in [3.05, 3.63) is 101 Å². The van der Waals surface area contributed by atoms with E-state index in [0.717, 1.165) is 0 Å². The van der Waals surface area contributed by atoms with Gasteiger partial charge in [0, 0.05) is 16.8 Å². The van der Waals surface area contributed by atoms with Gasteiger partial charge in [-0.3, -0.25) is 14.5 Å². The first-order valence-electron chi connectivity index (χ1n) is 9.56. The lowest BCUT2D eigenvalue weighted by molar-refractivity contribution is -0.132. The zero-order valence-electron chi connectivity index (χ0n) is 16.6. The molecule has 0 aliphatic carbocycles. The van der Waals surface area contributed by atoms with E-state index >= 15 is 0 Å². The quantitative estimate of drug-likeness (QED) is 0.396. The number of ketones is 1. The second-order valence-corrected chi connectivity index (χ2v) is 6.94. The Morgan fingerprint density at radius 3 is 2.26 bits per heavy atom. The number of nitrogens with zero attached hydrogens (tertiary/aromatic N) is 2. The Labute approximate surface area is 179 Å². The van der Waals surface area contributed by atoms with Gasteiger partial charge in [-0.25, -0.2) is 0 Å². The van der Waals surface area contributed by atoms with Crippen molar-refractivity contribution < 1.29 is 19.4 Å². The van der Waals surface area contributed by atoms with E-state index in [9.17, 15) is 14.7 Å². The molecule has 152 valence electrons. The summed E-state index contributed by atoms with van der Waals surface area (Å²) >= 11 is 0. The van der Waals surface area contributed by atoms with Gasteiger partial charge in [-0.05, 0) is 30.3 Å². The third kappa shape index (κ3) is 3.43. The van der Waals surface area contributed by atoms with E-state index < -0.39 is 17.7 Å². The predicted octanol–water partition coefficient (Wildman–Crippen LogP) is 4.19. The van der Waals surface area contributed by atoms with Crippen LogP contribution in [0.2, 0.25) is 0 Å². The minimum atomic E-state index is -0.899. The summed E-state index contributed by atoms with van der Waals surface area (Å²) < 4.78 is 5.49. The number of aliphatic hydroxyl groups is 1. The van der Waals surface area contributed by atoms with Gasteiger partial charge in [-0.1, -0.05) is 48.5 Å². The van der Waals surface area contributed by atoms with Gasteiger partial charge in [0.05, 0.1) is 30.4 Å². The molecule has 6 heteroatoms. The topological polar surface area (TPSA) is 90.6 Å². The first kappa shape index (κ1) is 19.9. The fraction of sp³-hybridized carbons (Fsp3) is 0.0800. The normalized spacial score (nSPS) is 17.4. The van der Waals surface area contributed by atoms with Crippen molar-refractivity contribution in [1.29, 1.82) is 5.26 Å². The Balaban J connectivity index is 1.97. The summed E-state index contributed by atoms with van der Waals surface area (Å²) in [5, 5.41) is 20.1. The van der Waals surface area contributed by atoms with E-state index in [2.05, 4.69) is 0 Å². The monoisotopic (exact) mass is 410 g/mol. The molecule has 3 aromatic rings. The summed E-state index contributed by atoms with van der Waals surface area (Å²) in [6.45, 7) is 0. The molecule has 4 rings (SSSR count). The molecule has 1 amide bonds. The van der Waals surface area contributed by atoms with Crippen LogP contribution >= 0.6 is 0 Å². The average Bonchev–Trinajstić information content (AvgIpc) is 3.09. The number of anilines is 1. The van der Waals surface area contributed by atoms with Crippen LogP contribution < -0.4 is 9.64 Å². The lowest BCUT2D eigenvalue weighted by Gasteiger charge is -2.26. The molecular weight excluding hydrogens is 392 g/mol. The fourth-order valence-corrected chi connectivity index (χ4v) is 3.73.